The molecule has 0 fully saturated rings. The van der Waals surface area contributed by atoms with Gasteiger partial charge in [0.25, 0.3) is 0 Å². The lowest BCUT2D eigenvalue weighted by Gasteiger charge is -1.97. The molecule has 5 heteroatoms. The molecule has 0 aliphatic carbocycles. The first-order valence-corrected chi connectivity index (χ1v) is 2.31. The fraction of sp³-hybridized carbons (Fsp3) is 0.750. The van der Waals surface area contributed by atoms with Crippen LogP contribution in [-0.2, 0) is 14.6 Å². The molecule has 0 aliphatic heterocycles. The fourth-order valence-electron chi connectivity index (χ4n) is 0.149. The number of carbonyl (C=O) groups excluding carboxylic acids is 1. The Labute approximate surface area is 50.5 Å². The fourth-order valence-corrected chi connectivity index (χ4v) is 0.149. The van der Waals surface area contributed by atoms with Gasteiger partial charge in [0.15, 0.2) is 0 Å². The van der Waals surface area contributed by atoms with Crippen LogP contribution < -0.4 is 0 Å². The number of hydrogen-bond acceptors (Lipinski definition) is 3. The van der Waals surface area contributed by atoms with Gasteiger partial charge < -0.3 is 0 Å². The Balaban J connectivity index is 3.17. The molecule has 0 aromatic heterocycles. The van der Waals surface area contributed by atoms with Crippen LogP contribution in [0.4, 0.5) is 8.78 Å². The molecule has 0 saturated carbocycles. The minimum atomic E-state index is -3.06. The SMILES string of the molecule is CCC(=O)OOC(F)F. The van der Waals surface area contributed by atoms with Gasteiger partial charge in [0.05, 0.1) is 0 Å². The van der Waals surface area contributed by atoms with Crippen LogP contribution in [0, 0.1) is 0 Å². The molecule has 9 heavy (non-hydrogen) atoms. The molecule has 0 amide bonds. The van der Waals surface area contributed by atoms with Gasteiger partial charge in [-0.25, -0.2) is 4.79 Å². The minimum absolute atomic E-state index is 0.0206. The quantitative estimate of drug-likeness (QED) is 0.435. The van der Waals surface area contributed by atoms with Gasteiger partial charge in [-0.3, -0.25) is 4.89 Å². The van der Waals surface area contributed by atoms with Crippen LogP contribution in [0.25, 0.3) is 0 Å². The van der Waals surface area contributed by atoms with Crippen molar-refractivity contribution in [2.75, 3.05) is 0 Å². The number of halogens is 2. The number of hydrogen-bond donors (Lipinski definition) is 0. The van der Waals surface area contributed by atoms with Gasteiger partial charge in [-0.15, -0.1) is 4.89 Å². The Hall–Kier alpha value is -0.710. The summed E-state index contributed by atoms with van der Waals surface area (Å²) >= 11 is 0. The lowest BCUT2D eigenvalue weighted by atomic mass is 10.5. The largest absolute Gasteiger partial charge is 0.381 e. The van der Waals surface area contributed by atoms with Gasteiger partial charge in [0, 0.05) is 6.42 Å². The summed E-state index contributed by atoms with van der Waals surface area (Å²) in [7, 11) is 0. The van der Waals surface area contributed by atoms with E-state index in [4.69, 9.17) is 0 Å². The highest BCUT2D eigenvalue weighted by atomic mass is 19.3. The molecular weight excluding hydrogens is 134 g/mol. The van der Waals surface area contributed by atoms with Crippen LogP contribution in [-0.4, -0.2) is 12.6 Å². The van der Waals surface area contributed by atoms with E-state index in [9.17, 15) is 13.6 Å². The molecule has 0 aromatic carbocycles. The zero-order chi connectivity index (χ0) is 7.28. The highest BCUT2D eigenvalue weighted by Crippen LogP contribution is 1.96. The average Bonchev–Trinajstić information content (AvgIpc) is 1.83. The second-order valence-corrected chi connectivity index (χ2v) is 1.17. The summed E-state index contributed by atoms with van der Waals surface area (Å²) in [6, 6.07) is 0. The summed E-state index contributed by atoms with van der Waals surface area (Å²) in [5, 5.41) is 0. The van der Waals surface area contributed by atoms with Crippen molar-refractivity contribution in [3.8, 4) is 0 Å². The van der Waals surface area contributed by atoms with Crippen LogP contribution in [0.5, 0.6) is 0 Å². The van der Waals surface area contributed by atoms with Crippen LogP contribution >= 0.6 is 0 Å². The van der Waals surface area contributed by atoms with Gasteiger partial charge in [-0.1, -0.05) is 6.92 Å². The molecule has 0 rings (SSSR count). The maximum absolute atomic E-state index is 11.0. The Morgan fingerprint density at radius 3 is 2.56 bits per heavy atom. The summed E-state index contributed by atoms with van der Waals surface area (Å²) in [5.41, 5.74) is 0. The number of carbonyl (C=O) groups is 1. The monoisotopic (exact) mass is 140 g/mol. The summed E-state index contributed by atoms with van der Waals surface area (Å²) in [6.07, 6.45) is 0.0206. The van der Waals surface area contributed by atoms with Crippen LogP contribution in [0.2, 0.25) is 0 Å². The molecule has 0 saturated heterocycles. The molecule has 0 N–H and O–H groups in total. The lowest BCUT2D eigenvalue weighted by molar-refractivity contribution is -0.356. The highest BCUT2D eigenvalue weighted by molar-refractivity contribution is 5.68. The normalized spacial score (nSPS) is 9.78. The van der Waals surface area contributed by atoms with Crippen molar-refractivity contribution in [2.24, 2.45) is 0 Å². The average molecular weight is 140 g/mol. The molecule has 0 aromatic rings. The van der Waals surface area contributed by atoms with Crippen molar-refractivity contribution in [3.05, 3.63) is 0 Å². The Kier molecular flexibility index (Phi) is 3.87. The van der Waals surface area contributed by atoms with Gasteiger partial charge in [0.1, 0.15) is 0 Å². The summed E-state index contributed by atoms with van der Waals surface area (Å²) in [6.45, 7) is -1.59. The second kappa shape index (κ2) is 4.20. The van der Waals surface area contributed by atoms with Crippen molar-refractivity contribution >= 4 is 5.97 Å². The third kappa shape index (κ3) is 5.16. The minimum Gasteiger partial charge on any atom is -0.293 e. The predicted molar refractivity (Wildman–Crippen MR) is 23.5 cm³/mol. The van der Waals surface area contributed by atoms with E-state index in [1.54, 1.807) is 0 Å². The zero-order valence-corrected chi connectivity index (χ0v) is 4.77. The molecule has 3 nitrogen and oxygen atoms in total. The van der Waals surface area contributed by atoms with Crippen LogP contribution in [0.15, 0.2) is 0 Å². The highest BCUT2D eigenvalue weighted by Gasteiger charge is 2.06. The van der Waals surface area contributed by atoms with E-state index in [2.05, 4.69) is 9.78 Å². The standard InChI is InChI=1S/C4H6F2O3/c1-2-3(7)8-9-4(5)6/h4H,2H2,1H3. The van der Waals surface area contributed by atoms with E-state index >= 15 is 0 Å². The van der Waals surface area contributed by atoms with Gasteiger partial charge in [-0.2, -0.15) is 8.78 Å². The molecule has 0 atom stereocenters. The van der Waals surface area contributed by atoms with Gasteiger partial charge in [0.2, 0.25) is 0 Å². The van der Waals surface area contributed by atoms with Gasteiger partial charge in [-0.05, 0) is 0 Å². The van der Waals surface area contributed by atoms with E-state index in [1.807, 2.05) is 0 Å². The van der Waals surface area contributed by atoms with Gasteiger partial charge >= 0.3 is 12.6 Å². The summed E-state index contributed by atoms with van der Waals surface area (Å²) < 4.78 is 22.1. The molecule has 0 unspecified atom stereocenters. The smallest absolute Gasteiger partial charge is 0.293 e. The Morgan fingerprint density at radius 1 is 1.67 bits per heavy atom. The molecular formula is C4H6F2O3. The summed E-state index contributed by atoms with van der Waals surface area (Å²) in [4.78, 5) is 16.8. The van der Waals surface area contributed by atoms with Crippen molar-refractivity contribution < 1.29 is 23.4 Å². The topological polar surface area (TPSA) is 35.5 Å². The molecule has 0 heterocycles. The molecule has 54 valence electrons. The first-order valence-electron chi connectivity index (χ1n) is 2.31. The van der Waals surface area contributed by atoms with Crippen molar-refractivity contribution in [1.29, 1.82) is 0 Å². The molecule has 0 bridgehead atoms. The maximum atomic E-state index is 11.0. The summed E-state index contributed by atoms with van der Waals surface area (Å²) in [5.74, 6) is -0.810. The Morgan fingerprint density at radius 2 is 2.22 bits per heavy atom. The Bertz CT molecular complexity index is 93.8. The van der Waals surface area contributed by atoms with E-state index in [0.29, 0.717) is 0 Å². The van der Waals surface area contributed by atoms with E-state index in [0.717, 1.165) is 0 Å². The molecule has 0 spiro atoms. The number of rotatable bonds is 3. The first-order chi connectivity index (χ1) is 4.16. The van der Waals surface area contributed by atoms with Crippen molar-refractivity contribution in [1.82, 2.24) is 0 Å². The third-order valence-electron chi connectivity index (χ3n) is 0.502. The first kappa shape index (κ1) is 8.29. The predicted octanol–water partition coefficient (Wildman–Crippen LogP) is 1.09. The lowest BCUT2D eigenvalue weighted by Crippen LogP contribution is -2.06. The number of alkyl halides is 2. The van der Waals surface area contributed by atoms with Crippen molar-refractivity contribution in [3.63, 3.8) is 0 Å². The zero-order valence-electron chi connectivity index (χ0n) is 4.77. The molecule has 0 aliphatic rings. The second-order valence-electron chi connectivity index (χ2n) is 1.17. The van der Waals surface area contributed by atoms with E-state index < -0.39 is 12.6 Å². The molecule has 0 radical (unpaired) electrons. The maximum Gasteiger partial charge on any atom is 0.381 e. The van der Waals surface area contributed by atoms with Crippen LogP contribution in [0.3, 0.4) is 0 Å². The third-order valence-corrected chi connectivity index (χ3v) is 0.502. The van der Waals surface area contributed by atoms with Crippen molar-refractivity contribution in [2.45, 2.75) is 20.0 Å². The van der Waals surface area contributed by atoms with Crippen LogP contribution in [0.1, 0.15) is 13.3 Å². The van der Waals surface area contributed by atoms with E-state index in [-0.39, 0.29) is 6.42 Å². The van der Waals surface area contributed by atoms with E-state index in [1.165, 1.54) is 6.92 Å².